The van der Waals surface area contributed by atoms with Crippen molar-refractivity contribution in [2.75, 3.05) is 7.05 Å². The largest absolute Gasteiger partial charge is 0.478 e. The van der Waals surface area contributed by atoms with Crippen molar-refractivity contribution in [3.8, 4) is 0 Å². The van der Waals surface area contributed by atoms with Crippen molar-refractivity contribution in [1.29, 1.82) is 0 Å². The topological polar surface area (TPSA) is 114 Å². The van der Waals surface area contributed by atoms with E-state index < -0.39 is 16.8 Å². The molecule has 0 saturated heterocycles. The van der Waals surface area contributed by atoms with Gasteiger partial charge in [0.05, 0.1) is 11.5 Å². The molecule has 24 heavy (non-hydrogen) atoms. The van der Waals surface area contributed by atoms with Crippen molar-refractivity contribution in [2.45, 2.75) is 20.4 Å². The van der Waals surface area contributed by atoms with E-state index in [-0.39, 0.29) is 29.1 Å². The van der Waals surface area contributed by atoms with Gasteiger partial charge in [-0.15, -0.1) is 0 Å². The predicted octanol–water partition coefficient (Wildman–Crippen LogP) is 2.78. The zero-order valence-electron chi connectivity index (χ0n) is 13.4. The molecule has 0 atom stereocenters. The Bertz CT molecular complexity index is 824. The lowest BCUT2D eigenvalue weighted by Gasteiger charge is -2.15. The Kier molecular flexibility index (Phi) is 4.68. The third-order valence-corrected chi connectivity index (χ3v) is 3.59. The lowest BCUT2D eigenvalue weighted by atomic mass is 10.1. The number of carbonyl (C=O) groups is 2. The number of carboxylic acids is 1. The molecular formula is C16H16N2O6. The molecule has 0 aliphatic heterocycles. The highest BCUT2D eigenvalue weighted by Gasteiger charge is 2.20. The van der Waals surface area contributed by atoms with E-state index in [2.05, 4.69) is 0 Å². The summed E-state index contributed by atoms with van der Waals surface area (Å²) in [5.41, 5.74) is 0.552. The number of rotatable bonds is 5. The number of nitro benzene ring substituents is 1. The standard InChI is InChI=1S/C16H16N2O6/c1-9-4-5-11(6-14(9)18(22)23)15(19)17(3)8-12-7-13(16(20)21)10(2)24-12/h4-7H,8H2,1-3H3,(H,20,21). The third-order valence-electron chi connectivity index (χ3n) is 3.59. The van der Waals surface area contributed by atoms with Gasteiger partial charge in [0.25, 0.3) is 11.6 Å². The lowest BCUT2D eigenvalue weighted by molar-refractivity contribution is -0.385. The first kappa shape index (κ1) is 17.2. The van der Waals surface area contributed by atoms with Gasteiger partial charge < -0.3 is 14.4 Å². The predicted molar refractivity (Wildman–Crippen MR) is 84.0 cm³/mol. The second kappa shape index (κ2) is 6.53. The zero-order valence-corrected chi connectivity index (χ0v) is 13.4. The van der Waals surface area contributed by atoms with Crippen LogP contribution < -0.4 is 0 Å². The van der Waals surface area contributed by atoms with Crippen molar-refractivity contribution >= 4 is 17.6 Å². The van der Waals surface area contributed by atoms with Crippen LogP contribution in [0.2, 0.25) is 0 Å². The summed E-state index contributed by atoms with van der Waals surface area (Å²) in [6, 6.07) is 5.61. The molecule has 8 heteroatoms. The van der Waals surface area contributed by atoms with Gasteiger partial charge in [0.15, 0.2) is 0 Å². The Morgan fingerprint density at radius 2 is 1.96 bits per heavy atom. The minimum atomic E-state index is -1.11. The third kappa shape index (κ3) is 3.43. The Morgan fingerprint density at radius 3 is 2.50 bits per heavy atom. The normalized spacial score (nSPS) is 10.5. The molecule has 0 unspecified atom stereocenters. The van der Waals surface area contributed by atoms with Crippen LogP contribution in [0.5, 0.6) is 0 Å². The molecule has 1 amide bonds. The van der Waals surface area contributed by atoms with Crippen molar-refractivity contribution < 1.29 is 24.0 Å². The molecule has 0 saturated carbocycles. The first-order chi connectivity index (χ1) is 11.2. The number of nitro groups is 1. The van der Waals surface area contributed by atoms with Gasteiger partial charge in [-0.3, -0.25) is 14.9 Å². The van der Waals surface area contributed by atoms with E-state index >= 15 is 0 Å². The molecule has 0 radical (unpaired) electrons. The van der Waals surface area contributed by atoms with Gasteiger partial charge in [0.2, 0.25) is 0 Å². The van der Waals surface area contributed by atoms with Gasteiger partial charge in [0.1, 0.15) is 17.1 Å². The molecule has 8 nitrogen and oxygen atoms in total. The summed E-state index contributed by atoms with van der Waals surface area (Å²) in [6.45, 7) is 3.17. The number of furan rings is 1. The summed E-state index contributed by atoms with van der Waals surface area (Å²) >= 11 is 0. The van der Waals surface area contributed by atoms with Gasteiger partial charge in [-0.05, 0) is 26.0 Å². The number of aryl methyl sites for hydroxylation is 2. The van der Waals surface area contributed by atoms with Crippen LogP contribution in [0.4, 0.5) is 5.69 Å². The van der Waals surface area contributed by atoms with Crippen molar-refractivity contribution in [2.24, 2.45) is 0 Å². The van der Waals surface area contributed by atoms with Crippen LogP contribution in [-0.2, 0) is 6.54 Å². The number of hydrogen-bond acceptors (Lipinski definition) is 5. The van der Waals surface area contributed by atoms with Crippen LogP contribution in [0.25, 0.3) is 0 Å². The van der Waals surface area contributed by atoms with E-state index in [1.807, 2.05) is 0 Å². The fraction of sp³-hybridized carbons (Fsp3) is 0.250. The smallest absolute Gasteiger partial charge is 0.339 e. The molecule has 2 rings (SSSR count). The Morgan fingerprint density at radius 1 is 1.29 bits per heavy atom. The number of carboxylic acid groups (broad SMARTS) is 1. The Hall–Kier alpha value is -3.16. The fourth-order valence-electron chi connectivity index (χ4n) is 2.30. The van der Waals surface area contributed by atoms with Crippen molar-refractivity contribution in [1.82, 2.24) is 4.90 Å². The summed E-state index contributed by atoms with van der Waals surface area (Å²) in [5, 5.41) is 20.0. The number of nitrogens with zero attached hydrogens (tertiary/aromatic N) is 2. The number of amides is 1. The van der Waals surface area contributed by atoms with Crippen molar-refractivity contribution in [3.63, 3.8) is 0 Å². The van der Waals surface area contributed by atoms with Crippen LogP contribution in [0.3, 0.4) is 0 Å². The molecule has 0 bridgehead atoms. The van der Waals surface area contributed by atoms with Crippen molar-refractivity contribution in [3.05, 3.63) is 62.6 Å². The van der Waals surface area contributed by atoms with Gasteiger partial charge in [0, 0.05) is 24.2 Å². The molecule has 0 aliphatic rings. The van der Waals surface area contributed by atoms with Gasteiger partial charge in [-0.25, -0.2) is 4.79 Å². The summed E-state index contributed by atoms with van der Waals surface area (Å²) in [5.74, 6) is -0.957. The molecular weight excluding hydrogens is 316 g/mol. The number of hydrogen-bond donors (Lipinski definition) is 1. The minimum absolute atomic E-state index is 0.0387. The highest BCUT2D eigenvalue weighted by Crippen LogP contribution is 2.21. The maximum atomic E-state index is 12.4. The van der Waals surface area contributed by atoms with Crippen LogP contribution in [0.15, 0.2) is 28.7 Å². The summed E-state index contributed by atoms with van der Waals surface area (Å²) in [4.78, 5) is 35.1. The second-order valence-corrected chi connectivity index (χ2v) is 5.41. The van der Waals surface area contributed by atoms with Crippen LogP contribution in [-0.4, -0.2) is 33.9 Å². The van der Waals surface area contributed by atoms with E-state index in [0.717, 1.165) is 0 Å². The molecule has 1 N–H and O–H groups in total. The average Bonchev–Trinajstić information content (AvgIpc) is 2.87. The Labute approximate surface area is 137 Å². The van der Waals surface area contributed by atoms with Gasteiger partial charge in [-0.1, -0.05) is 6.07 Å². The summed E-state index contributed by atoms with van der Waals surface area (Å²) < 4.78 is 5.33. The molecule has 126 valence electrons. The SMILES string of the molecule is Cc1ccc(C(=O)N(C)Cc2cc(C(=O)O)c(C)o2)cc1[N+](=O)[O-]. The van der Waals surface area contributed by atoms with Gasteiger partial charge in [-0.2, -0.15) is 0 Å². The zero-order chi connectivity index (χ0) is 18.0. The highest BCUT2D eigenvalue weighted by atomic mass is 16.6. The van der Waals surface area contributed by atoms with E-state index in [1.54, 1.807) is 6.92 Å². The average molecular weight is 332 g/mol. The molecule has 1 aromatic carbocycles. The maximum absolute atomic E-state index is 12.4. The molecule has 0 aliphatic carbocycles. The molecule has 2 aromatic rings. The first-order valence-corrected chi connectivity index (χ1v) is 7.03. The monoisotopic (exact) mass is 332 g/mol. The second-order valence-electron chi connectivity index (χ2n) is 5.41. The van der Waals surface area contributed by atoms with E-state index in [4.69, 9.17) is 9.52 Å². The summed E-state index contributed by atoms with van der Waals surface area (Å²) in [7, 11) is 1.51. The van der Waals surface area contributed by atoms with Crippen LogP contribution >= 0.6 is 0 Å². The van der Waals surface area contributed by atoms with E-state index in [0.29, 0.717) is 11.3 Å². The first-order valence-electron chi connectivity index (χ1n) is 7.03. The molecule has 0 spiro atoms. The van der Waals surface area contributed by atoms with E-state index in [1.165, 1.54) is 43.1 Å². The minimum Gasteiger partial charge on any atom is -0.478 e. The number of benzene rings is 1. The highest BCUT2D eigenvalue weighted by molar-refractivity contribution is 5.95. The molecule has 0 fully saturated rings. The summed E-state index contributed by atoms with van der Waals surface area (Å²) in [6.07, 6.45) is 0. The fourth-order valence-corrected chi connectivity index (χ4v) is 2.30. The number of carbonyl (C=O) groups excluding carboxylic acids is 1. The quantitative estimate of drug-likeness (QED) is 0.665. The molecule has 1 aromatic heterocycles. The maximum Gasteiger partial charge on any atom is 0.339 e. The van der Waals surface area contributed by atoms with E-state index in [9.17, 15) is 19.7 Å². The van der Waals surface area contributed by atoms with Crippen LogP contribution in [0, 0.1) is 24.0 Å². The number of aromatic carboxylic acids is 1. The lowest BCUT2D eigenvalue weighted by Crippen LogP contribution is -2.26. The van der Waals surface area contributed by atoms with Crippen LogP contribution in [0.1, 0.15) is 37.8 Å². The Balaban J connectivity index is 2.21. The van der Waals surface area contributed by atoms with Gasteiger partial charge >= 0.3 is 5.97 Å². The molecule has 1 heterocycles.